The van der Waals surface area contributed by atoms with E-state index >= 15 is 0 Å². The summed E-state index contributed by atoms with van der Waals surface area (Å²) in [7, 11) is 0. The van der Waals surface area contributed by atoms with Crippen LogP contribution in [0.1, 0.15) is 30.2 Å². The summed E-state index contributed by atoms with van der Waals surface area (Å²) in [5, 5.41) is 2.85. The molecule has 0 atom stereocenters. The van der Waals surface area contributed by atoms with E-state index in [-0.39, 0.29) is 18.4 Å². The number of benzodiazepines with no additional fused rings is 1. The van der Waals surface area contributed by atoms with E-state index in [1.54, 1.807) is 13.1 Å². The molecular formula is C24H22BrN3O3. The molecule has 1 aliphatic rings. The van der Waals surface area contributed by atoms with Crippen molar-refractivity contribution in [1.82, 2.24) is 4.98 Å². The van der Waals surface area contributed by atoms with Crippen LogP contribution in [-0.2, 0) is 20.9 Å². The Balaban J connectivity index is 0.000000196. The molecule has 6 nitrogen and oxygen atoms in total. The molecule has 7 heteroatoms. The number of carbonyl (C=O) groups excluding carboxylic acids is 2. The van der Waals surface area contributed by atoms with Gasteiger partial charge in [0.15, 0.2) is 0 Å². The number of nitrogens with one attached hydrogen (secondary N) is 1. The van der Waals surface area contributed by atoms with Crippen LogP contribution in [0, 0.1) is 0 Å². The van der Waals surface area contributed by atoms with E-state index < -0.39 is 0 Å². The number of aromatic nitrogens is 1. The van der Waals surface area contributed by atoms with Crippen LogP contribution in [0.2, 0.25) is 0 Å². The summed E-state index contributed by atoms with van der Waals surface area (Å²) < 4.78 is 5.87. The second-order valence-corrected chi connectivity index (χ2v) is 7.53. The van der Waals surface area contributed by atoms with Crippen molar-refractivity contribution < 1.29 is 14.3 Å². The molecule has 0 radical (unpaired) electrons. The number of nitrogens with zero attached hydrogens (tertiary/aromatic N) is 2. The lowest BCUT2D eigenvalue weighted by Crippen LogP contribution is -2.13. The summed E-state index contributed by atoms with van der Waals surface area (Å²) in [5.41, 5.74) is 4.15. The summed E-state index contributed by atoms with van der Waals surface area (Å²) in [6.45, 7) is 2.28. The third-order valence-electron chi connectivity index (χ3n) is 4.33. The molecule has 1 aromatic heterocycles. The van der Waals surface area contributed by atoms with Crippen LogP contribution >= 0.6 is 15.9 Å². The maximum atomic E-state index is 11.7. The number of anilines is 1. The molecule has 4 rings (SSSR count). The van der Waals surface area contributed by atoms with Gasteiger partial charge in [-0.3, -0.25) is 19.6 Å². The number of ether oxygens (including phenoxy) is 1. The highest BCUT2D eigenvalue weighted by Gasteiger charge is 2.18. The molecule has 2 aromatic carbocycles. The number of esters is 1. The predicted molar refractivity (Wildman–Crippen MR) is 124 cm³/mol. The molecule has 0 bridgehead atoms. The van der Waals surface area contributed by atoms with Crippen molar-refractivity contribution in [3.63, 3.8) is 0 Å². The van der Waals surface area contributed by atoms with E-state index in [2.05, 4.69) is 31.2 Å². The van der Waals surface area contributed by atoms with Crippen LogP contribution in [0.5, 0.6) is 0 Å². The van der Waals surface area contributed by atoms with Crippen LogP contribution < -0.4 is 5.32 Å². The normalized spacial score (nSPS) is 12.3. The van der Waals surface area contributed by atoms with Crippen molar-refractivity contribution in [3.8, 4) is 0 Å². The summed E-state index contributed by atoms with van der Waals surface area (Å²) in [4.78, 5) is 31.1. The van der Waals surface area contributed by atoms with Crippen LogP contribution in [0.3, 0.4) is 0 Å². The fourth-order valence-electron chi connectivity index (χ4n) is 2.81. The largest absolute Gasteiger partial charge is 0.461 e. The van der Waals surface area contributed by atoms with Gasteiger partial charge in [-0.15, -0.1) is 0 Å². The van der Waals surface area contributed by atoms with Gasteiger partial charge in [0, 0.05) is 22.7 Å². The first kappa shape index (κ1) is 22.4. The summed E-state index contributed by atoms with van der Waals surface area (Å²) in [5.74, 6) is -0.270. The number of benzene rings is 2. The number of hydrogen-bond donors (Lipinski definition) is 1. The van der Waals surface area contributed by atoms with Crippen molar-refractivity contribution in [2.24, 2.45) is 4.99 Å². The third-order valence-corrected chi connectivity index (χ3v) is 4.82. The van der Waals surface area contributed by atoms with Gasteiger partial charge >= 0.3 is 5.97 Å². The van der Waals surface area contributed by atoms with Crippen molar-refractivity contribution in [2.75, 3.05) is 11.9 Å². The summed E-state index contributed by atoms with van der Waals surface area (Å²) in [6.07, 6.45) is 2.16. The van der Waals surface area contributed by atoms with Gasteiger partial charge in [-0.25, -0.2) is 0 Å². The van der Waals surface area contributed by atoms with Crippen molar-refractivity contribution in [3.05, 3.63) is 94.2 Å². The van der Waals surface area contributed by atoms with Gasteiger partial charge in [0.2, 0.25) is 5.91 Å². The van der Waals surface area contributed by atoms with Crippen LogP contribution in [-0.4, -0.2) is 29.1 Å². The zero-order chi connectivity index (χ0) is 22.1. The average Bonchev–Trinajstić information content (AvgIpc) is 2.97. The standard InChI is InChI=1S/C14H10BrN3O.C10H12O2/c15-9-4-5-11-10(7-9)14(17-8-13(19)18-11)12-3-1-2-6-16-12;1-2-10(11)12-8-9-6-4-3-5-7-9/h1-7H,8H2,(H,18,19);3-7H,2,8H2,1H3. The highest BCUT2D eigenvalue weighted by molar-refractivity contribution is 9.10. The Labute approximate surface area is 189 Å². The third kappa shape index (κ3) is 6.58. The van der Waals surface area contributed by atoms with Gasteiger partial charge in [0.05, 0.1) is 17.1 Å². The lowest BCUT2D eigenvalue weighted by atomic mass is 10.0. The molecule has 0 unspecified atom stereocenters. The minimum absolute atomic E-state index is 0.109. The van der Waals surface area contributed by atoms with Gasteiger partial charge in [-0.05, 0) is 35.9 Å². The Morgan fingerprint density at radius 3 is 2.58 bits per heavy atom. The van der Waals surface area contributed by atoms with Crippen molar-refractivity contribution in [1.29, 1.82) is 0 Å². The second kappa shape index (κ2) is 11.2. The number of amides is 1. The van der Waals surface area contributed by atoms with E-state index in [9.17, 15) is 9.59 Å². The highest BCUT2D eigenvalue weighted by Crippen LogP contribution is 2.25. The molecule has 31 heavy (non-hydrogen) atoms. The Kier molecular flexibility index (Phi) is 8.06. The monoisotopic (exact) mass is 479 g/mol. The van der Waals surface area contributed by atoms with E-state index in [1.165, 1.54) is 0 Å². The van der Waals surface area contributed by atoms with Gasteiger partial charge < -0.3 is 10.1 Å². The quantitative estimate of drug-likeness (QED) is 0.546. The first-order valence-electron chi connectivity index (χ1n) is 9.82. The molecule has 1 amide bonds. The van der Waals surface area contributed by atoms with Crippen LogP contribution in [0.15, 0.2) is 82.4 Å². The fourth-order valence-corrected chi connectivity index (χ4v) is 3.17. The Morgan fingerprint density at radius 1 is 1.10 bits per heavy atom. The minimum atomic E-state index is -0.154. The average molecular weight is 480 g/mol. The van der Waals surface area contributed by atoms with E-state index in [4.69, 9.17) is 4.74 Å². The molecule has 0 saturated carbocycles. The van der Waals surface area contributed by atoms with Crippen LogP contribution in [0.4, 0.5) is 5.69 Å². The molecule has 0 fully saturated rings. The smallest absolute Gasteiger partial charge is 0.305 e. The summed E-state index contributed by atoms with van der Waals surface area (Å²) >= 11 is 3.44. The molecule has 158 valence electrons. The Hall–Kier alpha value is -3.32. The summed E-state index contributed by atoms with van der Waals surface area (Å²) in [6, 6.07) is 21.0. The van der Waals surface area contributed by atoms with Crippen molar-refractivity contribution >= 4 is 39.2 Å². The number of pyridine rings is 1. The first-order chi connectivity index (χ1) is 15.1. The van der Waals surface area contributed by atoms with Gasteiger partial charge in [0.25, 0.3) is 0 Å². The van der Waals surface area contributed by atoms with Crippen molar-refractivity contribution in [2.45, 2.75) is 20.0 Å². The molecular weight excluding hydrogens is 458 g/mol. The van der Waals surface area contributed by atoms with Gasteiger partial charge in [-0.1, -0.05) is 59.3 Å². The topological polar surface area (TPSA) is 80.7 Å². The van der Waals surface area contributed by atoms with Gasteiger partial charge in [-0.2, -0.15) is 0 Å². The Bertz CT molecular complexity index is 1070. The molecule has 1 aliphatic heterocycles. The number of hydrogen-bond acceptors (Lipinski definition) is 5. The number of carbonyl (C=O) groups is 2. The van der Waals surface area contributed by atoms with E-state index in [0.29, 0.717) is 13.0 Å². The highest BCUT2D eigenvalue weighted by atomic mass is 79.9. The minimum Gasteiger partial charge on any atom is -0.461 e. The van der Waals surface area contributed by atoms with E-state index in [0.717, 1.165) is 32.7 Å². The lowest BCUT2D eigenvalue weighted by Gasteiger charge is -2.09. The molecule has 3 aromatic rings. The number of aliphatic imine (C=N–C) groups is 1. The number of halogens is 1. The molecule has 1 N–H and O–H groups in total. The SMILES string of the molecule is CCC(=O)OCc1ccccc1.O=C1CN=C(c2ccccn2)c2cc(Br)ccc2N1. The fraction of sp³-hybridized carbons (Fsp3) is 0.167. The molecule has 0 saturated heterocycles. The molecule has 2 heterocycles. The zero-order valence-electron chi connectivity index (χ0n) is 17.0. The van der Waals surface area contributed by atoms with Crippen LogP contribution in [0.25, 0.3) is 0 Å². The first-order valence-corrected chi connectivity index (χ1v) is 10.6. The second-order valence-electron chi connectivity index (χ2n) is 6.62. The number of rotatable bonds is 4. The maximum absolute atomic E-state index is 11.7. The maximum Gasteiger partial charge on any atom is 0.305 e. The number of fused-ring (bicyclic) bond motifs is 1. The Morgan fingerprint density at radius 2 is 1.87 bits per heavy atom. The predicted octanol–water partition coefficient (Wildman–Crippen LogP) is 4.77. The lowest BCUT2D eigenvalue weighted by molar-refractivity contribution is -0.144. The van der Waals surface area contributed by atoms with E-state index in [1.807, 2.05) is 66.7 Å². The molecule has 0 spiro atoms. The molecule has 0 aliphatic carbocycles. The zero-order valence-corrected chi connectivity index (χ0v) is 18.6. The van der Waals surface area contributed by atoms with Gasteiger partial charge in [0.1, 0.15) is 13.2 Å².